The predicted octanol–water partition coefficient (Wildman–Crippen LogP) is 3.81. The highest BCUT2D eigenvalue weighted by Crippen LogP contribution is 2.55. The van der Waals surface area contributed by atoms with Crippen molar-refractivity contribution in [3.8, 4) is 0 Å². The lowest BCUT2D eigenvalue weighted by atomic mass is 10.2. The van der Waals surface area contributed by atoms with E-state index in [1.54, 1.807) is 26.0 Å². The normalized spacial score (nSPS) is 12.7. The molecule has 0 aliphatic carbocycles. The zero-order chi connectivity index (χ0) is 12.7. The third-order valence-corrected chi connectivity index (χ3v) is 3.86. The molecule has 1 aromatic carbocycles. The standard InChI is InChI=1S/C12H17O4P/c1-3-15-17(14,16-4-2)12(13)10-11-8-6-5-7-9-11/h5-10,13H,3-4H2,1-2H3/b12-10+. The molecule has 1 N–H and O–H groups in total. The Kier molecular flexibility index (Phi) is 5.42. The quantitative estimate of drug-likeness (QED) is 0.621. The molecule has 0 aromatic heterocycles. The van der Waals surface area contributed by atoms with Crippen molar-refractivity contribution in [2.24, 2.45) is 0 Å². The van der Waals surface area contributed by atoms with E-state index in [1.165, 1.54) is 6.08 Å². The van der Waals surface area contributed by atoms with Crippen LogP contribution in [0, 0.1) is 0 Å². The zero-order valence-electron chi connectivity index (χ0n) is 10.00. The third kappa shape index (κ3) is 4.00. The lowest BCUT2D eigenvalue weighted by Gasteiger charge is -2.15. The summed E-state index contributed by atoms with van der Waals surface area (Å²) in [6, 6.07) is 9.09. The molecule has 1 aromatic rings. The van der Waals surface area contributed by atoms with E-state index >= 15 is 0 Å². The van der Waals surface area contributed by atoms with Gasteiger partial charge in [-0.25, -0.2) is 0 Å². The minimum absolute atomic E-state index is 0.212. The van der Waals surface area contributed by atoms with Gasteiger partial charge in [0.1, 0.15) is 0 Å². The fourth-order valence-corrected chi connectivity index (χ4v) is 2.61. The van der Waals surface area contributed by atoms with Gasteiger partial charge in [0.25, 0.3) is 0 Å². The smallest absolute Gasteiger partial charge is 0.395 e. The molecule has 94 valence electrons. The van der Waals surface area contributed by atoms with Crippen LogP contribution in [0.4, 0.5) is 0 Å². The molecule has 0 radical (unpaired) electrons. The first kappa shape index (κ1) is 14.0. The number of aliphatic hydroxyl groups is 1. The van der Waals surface area contributed by atoms with Gasteiger partial charge in [-0.15, -0.1) is 0 Å². The molecule has 0 saturated carbocycles. The minimum atomic E-state index is -3.56. The van der Waals surface area contributed by atoms with Gasteiger partial charge in [-0.05, 0) is 25.5 Å². The molecule has 0 heterocycles. The zero-order valence-corrected chi connectivity index (χ0v) is 10.9. The molecule has 0 aliphatic rings. The van der Waals surface area contributed by atoms with Crippen molar-refractivity contribution in [3.63, 3.8) is 0 Å². The van der Waals surface area contributed by atoms with Crippen LogP contribution in [-0.4, -0.2) is 18.3 Å². The summed E-state index contributed by atoms with van der Waals surface area (Å²) in [6.45, 7) is 3.82. The van der Waals surface area contributed by atoms with Gasteiger partial charge in [0.05, 0.1) is 13.2 Å². The van der Waals surface area contributed by atoms with Crippen LogP contribution in [0.25, 0.3) is 6.08 Å². The Morgan fingerprint density at radius 2 is 1.76 bits per heavy atom. The fraction of sp³-hybridized carbons (Fsp3) is 0.333. The Morgan fingerprint density at radius 1 is 1.24 bits per heavy atom. The van der Waals surface area contributed by atoms with Crippen molar-refractivity contribution in [1.29, 1.82) is 0 Å². The van der Waals surface area contributed by atoms with Crippen LogP contribution in [0.5, 0.6) is 0 Å². The highest BCUT2D eigenvalue weighted by atomic mass is 31.2. The van der Waals surface area contributed by atoms with Gasteiger partial charge < -0.3 is 14.2 Å². The number of benzene rings is 1. The van der Waals surface area contributed by atoms with Crippen molar-refractivity contribution in [1.82, 2.24) is 0 Å². The number of hydrogen-bond acceptors (Lipinski definition) is 4. The molecule has 0 spiro atoms. The maximum Gasteiger partial charge on any atom is 0.395 e. The summed E-state index contributed by atoms with van der Waals surface area (Å²) < 4.78 is 22.2. The van der Waals surface area contributed by atoms with Gasteiger partial charge in [0.2, 0.25) is 5.50 Å². The molecule has 5 heteroatoms. The minimum Gasteiger partial charge on any atom is -0.501 e. The molecule has 0 aliphatic heterocycles. The number of aliphatic hydroxyl groups excluding tert-OH is 1. The summed E-state index contributed by atoms with van der Waals surface area (Å²) in [5.41, 5.74) is 0.372. The molecule has 0 bridgehead atoms. The van der Waals surface area contributed by atoms with Crippen molar-refractivity contribution in [3.05, 3.63) is 41.4 Å². The molecule has 0 saturated heterocycles. The maximum atomic E-state index is 12.2. The highest BCUT2D eigenvalue weighted by molar-refractivity contribution is 7.58. The first-order valence-corrected chi connectivity index (χ1v) is 7.02. The summed E-state index contributed by atoms with van der Waals surface area (Å²) in [5.74, 6) is 0. The van der Waals surface area contributed by atoms with E-state index in [-0.39, 0.29) is 18.7 Å². The van der Waals surface area contributed by atoms with E-state index < -0.39 is 7.60 Å². The van der Waals surface area contributed by atoms with E-state index in [1.807, 2.05) is 18.2 Å². The lowest BCUT2D eigenvalue weighted by molar-refractivity contribution is 0.212. The second kappa shape index (κ2) is 6.60. The summed E-state index contributed by atoms with van der Waals surface area (Å²) in [4.78, 5) is 0. The van der Waals surface area contributed by atoms with Gasteiger partial charge >= 0.3 is 7.60 Å². The largest absolute Gasteiger partial charge is 0.501 e. The second-order valence-electron chi connectivity index (χ2n) is 3.25. The lowest BCUT2D eigenvalue weighted by Crippen LogP contribution is -1.98. The van der Waals surface area contributed by atoms with Gasteiger partial charge in [-0.3, -0.25) is 4.57 Å². The van der Waals surface area contributed by atoms with Crippen LogP contribution in [0.1, 0.15) is 19.4 Å². The van der Waals surface area contributed by atoms with Crippen molar-refractivity contribution in [2.45, 2.75) is 13.8 Å². The van der Waals surface area contributed by atoms with E-state index in [4.69, 9.17) is 9.05 Å². The fourth-order valence-electron chi connectivity index (χ4n) is 1.29. The monoisotopic (exact) mass is 256 g/mol. The van der Waals surface area contributed by atoms with Gasteiger partial charge in [0, 0.05) is 0 Å². The van der Waals surface area contributed by atoms with Crippen LogP contribution in [-0.2, 0) is 13.6 Å². The third-order valence-electron chi connectivity index (χ3n) is 1.97. The van der Waals surface area contributed by atoms with Gasteiger partial charge in [0.15, 0.2) is 0 Å². The molecule has 0 unspecified atom stereocenters. The summed E-state index contributed by atoms with van der Waals surface area (Å²) in [5, 5.41) is 9.83. The Labute approximate surface area is 101 Å². The molecular formula is C12H17O4P. The Bertz CT molecular complexity index is 404. The molecule has 17 heavy (non-hydrogen) atoms. The molecule has 0 atom stereocenters. The van der Waals surface area contributed by atoms with Gasteiger partial charge in [-0.2, -0.15) is 0 Å². The highest BCUT2D eigenvalue weighted by Gasteiger charge is 2.29. The van der Waals surface area contributed by atoms with E-state index in [0.717, 1.165) is 5.56 Å². The van der Waals surface area contributed by atoms with Crippen LogP contribution < -0.4 is 0 Å². The van der Waals surface area contributed by atoms with Gasteiger partial charge in [-0.1, -0.05) is 30.3 Å². The first-order valence-electron chi connectivity index (χ1n) is 5.47. The van der Waals surface area contributed by atoms with Crippen LogP contribution in [0.2, 0.25) is 0 Å². The topological polar surface area (TPSA) is 55.8 Å². The molecule has 4 nitrogen and oxygen atoms in total. The van der Waals surface area contributed by atoms with Crippen LogP contribution in [0.3, 0.4) is 0 Å². The predicted molar refractivity (Wildman–Crippen MR) is 67.9 cm³/mol. The maximum absolute atomic E-state index is 12.2. The Balaban J connectivity index is 2.96. The number of rotatable bonds is 6. The Morgan fingerprint density at radius 3 is 2.24 bits per heavy atom. The Hall–Kier alpha value is -1.09. The van der Waals surface area contributed by atoms with Crippen molar-refractivity contribution >= 4 is 13.7 Å². The van der Waals surface area contributed by atoms with Crippen molar-refractivity contribution < 1.29 is 18.7 Å². The number of hydrogen-bond donors (Lipinski definition) is 1. The van der Waals surface area contributed by atoms with E-state index in [9.17, 15) is 9.67 Å². The van der Waals surface area contributed by atoms with Crippen LogP contribution >= 0.6 is 7.60 Å². The van der Waals surface area contributed by atoms with Crippen molar-refractivity contribution in [2.75, 3.05) is 13.2 Å². The van der Waals surface area contributed by atoms with E-state index in [0.29, 0.717) is 0 Å². The molecular weight excluding hydrogens is 239 g/mol. The molecule has 1 rings (SSSR count). The summed E-state index contributed by atoms with van der Waals surface area (Å²) in [6.07, 6.45) is 1.39. The average Bonchev–Trinajstić information content (AvgIpc) is 2.31. The average molecular weight is 256 g/mol. The SMILES string of the molecule is CCOP(=O)(OCC)/C(O)=C/c1ccccc1. The summed E-state index contributed by atoms with van der Waals surface area (Å²) >= 11 is 0. The van der Waals surface area contributed by atoms with Crippen LogP contribution in [0.15, 0.2) is 35.8 Å². The first-order chi connectivity index (χ1) is 8.12. The second-order valence-corrected chi connectivity index (χ2v) is 5.22. The molecule has 0 fully saturated rings. The molecule has 0 amide bonds. The van der Waals surface area contributed by atoms with E-state index in [2.05, 4.69) is 0 Å². The summed E-state index contributed by atoms with van der Waals surface area (Å²) in [7, 11) is -3.56.